The Morgan fingerprint density at radius 3 is 2.22 bits per heavy atom. The van der Waals surface area contributed by atoms with Gasteiger partial charge >= 0.3 is 0 Å². The minimum atomic E-state index is 1.14. The fraction of sp³-hybridized carbons (Fsp3) is 0.640. The van der Waals surface area contributed by atoms with Crippen LogP contribution < -0.4 is 4.57 Å². The number of rotatable bonds is 15. The lowest BCUT2D eigenvalue weighted by atomic mass is 10.1. The molecular weight excluding hydrogens is 328 g/mol. The summed E-state index contributed by atoms with van der Waals surface area (Å²) in [4.78, 5) is 0. The highest BCUT2D eigenvalue weighted by atomic mass is 15.1. The lowest BCUT2D eigenvalue weighted by Crippen LogP contribution is -2.37. The van der Waals surface area contributed by atoms with Gasteiger partial charge < -0.3 is 0 Å². The Kier molecular flexibility index (Phi) is 10.9. The quantitative estimate of drug-likeness (QED) is 0.250. The van der Waals surface area contributed by atoms with Crippen molar-refractivity contribution in [2.45, 2.75) is 104 Å². The predicted octanol–water partition coefficient (Wildman–Crippen LogP) is 6.50. The molecule has 0 amide bonds. The third-order valence-electron chi connectivity index (χ3n) is 5.55. The lowest BCUT2D eigenvalue weighted by Gasteiger charge is -2.06. The first kappa shape index (κ1) is 21.7. The second-order valence-electron chi connectivity index (χ2n) is 7.92. The largest absolute Gasteiger partial charge is 0.256 e. The fourth-order valence-electron chi connectivity index (χ4n) is 3.89. The van der Waals surface area contributed by atoms with Gasteiger partial charge in [-0.05, 0) is 37.7 Å². The molecule has 2 rings (SSSR count). The molecule has 0 saturated heterocycles. The summed E-state index contributed by atoms with van der Waals surface area (Å²) in [6, 6.07) is 10.9. The summed E-state index contributed by atoms with van der Waals surface area (Å²) in [6.45, 7) is 6.92. The summed E-state index contributed by atoms with van der Waals surface area (Å²) in [5.41, 5.74) is 1.46. The molecule has 0 aliphatic carbocycles. The fourth-order valence-corrected chi connectivity index (χ4v) is 3.89. The maximum atomic E-state index is 2.54. The van der Waals surface area contributed by atoms with Crippen molar-refractivity contribution in [3.63, 3.8) is 0 Å². The van der Waals surface area contributed by atoms with Crippen LogP contribution in [0.25, 0.3) is 0 Å². The molecular formula is C25H41N2+. The number of imidazole rings is 1. The molecule has 1 heterocycles. The van der Waals surface area contributed by atoms with E-state index in [2.05, 4.69) is 65.7 Å². The van der Waals surface area contributed by atoms with Crippen LogP contribution in [-0.2, 0) is 25.9 Å². The normalized spacial score (nSPS) is 11.2. The van der Waals surface area contributed by atoms with E-state index in [-0.39, 0.29) is 0 Å². The summed E-state index contributed by atoms with van der Waals surface area (Å²) in [6.07, 6.45) is 20.5. The van der Waals surface area contributed by atoms with Gasteiger partial charge in [-0.25, -0.2) is 9.13 Å². The van der Waals surface area contributed by atoms with E-state index in [0.29, 0.717) is 0 Å². The predicted molar refractivity (Wildman–Crippen MR) is 116 cm³/mol. The van der Waals surface area contributed by atoms with Crippen LogP contribution in [0.15, 0.2) is 42.7 Å². The SMILES string of the molecule is CCCCCCCCn1cc[n+](CCCc2ccccc2)c1CCCCC. The summed E-state index contributed by atoms with van der Waals surface area (Å²) in [7, 11) is 0. The van der Waals surface area contributed by atoms with Crippen molar-refractivity contribution in [3.8, 4) is 0 Å². The summed E-state index contributed by atoms with van der Waals surface area (Å²) in [5, 5.41) is 0. The molecule has 0 atom stereocenters. The van der Waals surface area contributed by atoms with Gasteiger partial charge in [-0.2, -0.15) is 0 Å². The third kappa shape index (κ3) is 8.32. The number of aromatic nitrogens is 2. The molecule has 1 aromatic carbocycles. The molecule has 1 aromatic heterocycles. The molecule has 150 valence electrons. The van der Waals surface area contributed by atoms with E-state index in [0.717, 1.165) is 6.54 Å². The average Bonchev–Trinajstić information content (AvgIpc) is 3.07. The topological polar surface area (TPSA) is 8.81 Å². The molecule has 0 saturated carbocycles. The Morgan fingerprint density at radius 1 is 0.741 bits per heavy atom. The van der Waals surface area contributed by atoms with Gasteiger partial charge in [0.2, 0.25) is 0 Å². The van der Waals surface area contributed by atoms with Crippen LogP contribution in [0.5, 0.6) is 0 Å². The standard InChI is InChI=1S/C25H41N2/c1-3-5-7-8-9-14-20-26-22-23-27(25(26)19-11-6-4-2)21-15-18-24-16-12-10-13-17-24/h10,12-13,16-17,22-23H,3-9,11,14-15,18-21H2,1-2H3/q+1. The molecule has 0 aliphatic rings. The smallest absolute Gasteiger partial charge is 0.234 e. The van der Waals surface area contributed by atoms with E-state index in [9.17, 15) is 0 Å². The van der Waals surface area contributed by atoms with Crippen LogP contribution in [0, 0.1) is 0 Å². The molecule has 27 heavy (non-hydrogen) atoms. The Bertz CT molecular complexity index is 600. The first-order valence-corrected chi connectivity index (χ1v) is 11.5. The Morgan fingerprint density at radius 2 is 1.44 bits per heavy atom. The second-order valence-corrected chi connectivity index (χ2v) is 7.92. The van der Waals surface area contributed by atoms with Crippen molar-refractivity contribution in [2.75, 3.05) is 0 Å². The van der Waals surface area contributed by atoms with Crippen molar-refractivity contribution < 1.29 is 4.57 Å². The van der Waals surface area contributed by atoms with Crippen molar-refractivity contribution in [3.05, 3.63) is 54.1 Å². The molecule has 2 aromatic rings. The summed E-state index contributed by atoms with van der Waals surface area (Å²) in [5.74, 6) is 1.55. The number of hydrogen-bond acceptors (Lipinski definition) is 0. The average molecular weight is 370 g/mol. The van der Waals surface area contributed by atoms with Crippen LogP contribution in [0.3, 0.4) is 0 Å². The number of benzene rings is 1. The molecule has 0 unspecified atom stereocenters. The van der Waals surface area contributed by atoms with Crippen molar-refractivity contribution in [1.82, 2.24) is 4.57 Å². The van der Waals surface area contributed by atoms with Crippen LogP contribution >= 0.6 is 0 Å². The molecule has 0 fully saturated rings. The molecule has 0 radical (unpaired) electrons. The van der Waals surface area contributed by atoms with Crippen molar-refractivity contribution >= 4 is 0 Å². The zero-order valence-corrected chi connectivity index (χ0v) is 17.8. The third-order valence-corrected chi connectivity index (χ3v) is 5.55. The number of unbranched alkanes of at least 4 members (excludes halogenated alkanes) is 7. The van der Waals surface area contributed by atoms with Gasteiger partial charge in [0, 0.05) is 6.42 Å². The highest BCUT2D eigenvalue weighted by Gasteiger charge is 2.16. The van der Waals surface area contributed by atoms with Crippen LogP contribution in [0.4, 0.5) is 0 Å². The molecule has 0 N–H and O–H groups in total. The maximum Gasteiger partial charge on any atom is 0.256 e. The summed E-state index contributed by atoms with van der Waals surface area (Å²) < 4.78 is 5.06. The first-order valence-electron chi connectivity index (χ1n) is 11.5. The zero-order chi connectivity index (χ0) is 19.2. The second kappa shape index (κ2) is 13.6. The minimum absolute atomic E-state index is 1.14. The van der Waals surface area contributed by atoms with E-state index in [1.807, 2.05) is 0 Å². The van der Waals surface area contributed by atoms with Gasteiger partial charge in [0.05, 0.1) is 13.1 Å². The van der Waals surface area contributed by atoms with Gasteiger partial charge in [-0.1, -0.05) is 82.7 Å². The van der Waals surface area contributed by atoms with Crippen molar-refractivity contribution in [2.24, 2.45) is 0 Å². The van der Waals surface area contributed by atoms with E-state index in [1.54, 1.807) is 5.82 Å². The maximum absolute atomic E-state index is 2.54. The highest BCUT2D eigenvalue weighted by molar-refractivity contribution is 5.14. The van der Waals surface area contributed by atoms with E-state index >= 15 is 0 Å². The Hall–Kier alpha value is -1.57. The number of hydrogen-bond donors (Lipinski definition) is 0. The zero-order valence-electron chi connectivity index (χ0n) is 17.8. The van der Waals surface area contributed by atoms with Gasteiger partial charge in [-0.15, -0.1) is 0 Å². The van der Waals surface area contributed by atoms with Crippen LogP contribution in [-0.4, -0.2) is 4.57 Å². The van der Waals surface area contributed by atoms with Gasteiger partial charge in [0.15, 0.2) is 0 Å². The summed E-state index contributed by atoms with van der Waals surface area (Å²) >= 11 is 0. The monoisotopic (exact) mass is 369 g/mol. The molecule has 2 nitrogen and oxygen atoms in total. The molecule has 2 heteroatoms. The first-order chi connectivity index (χ1) is 13.3. The minimum Gasteiger partial charge on any atom is -0.234 e. The van der Waals surface area contributed by atoms with Gasteiger partial charge in [0.25, 0.3) is 5.82 Å². The molecule has 0 spiro atoms. The Balaban J connectivity index is 1.85. The molecule has 0 aliphatic heterocycles. The van der Waals surface area contributed by atoms with E-state index in [4.69, 9.17) is 0 Å². The highest BCUT2D eigenvalue weighted by Crippen LogP contribution is 2.10. The Labute approximate surface area is 167 Å². The van der Waals surface area contributed by atoms with Gasteiger partial charge in [-0.3, -0.25) is 0 Å². The van der Waals surface area contributed by atoms with Crippen LogP contribution in [0.2, 0.25) is 0 Å². The van der Waals surface area contributed by atoms with Gasteiger partial charge in [0.1, 0.15) is 12.4 Å². The number of aryl methyl sites for hydroxylation is 3. The van der Waals surface area contributed by atoms with E-state index in [1.165, 1.54) is 89.2 Å². The molecule has 0 bridgehead atoms. The van der Waals surface area contributed by atoms with Crippen molar-refractivity contribution in [1.29, 1.82) is 0 Å². The van der Waals surface area contributed by atoms with Crippen LogP contribution in [0.1, 0.15) is 89.4 Å². The van der Waals surface area contributed by atoms with E-state index < -0.39 is 0 Å². The lowest BCUT2D eigenvalue weighted by molar-refractivity contribution is -0.704. The number of nitrogens with zero attached hydrogens (tertiary/aromatic N) is 2.